The molecule has 4 aromatic carbocycles. The van der Waals surface area contributed by atoms with Gasteiger partial charge in [0.05, 0.1) is 53.6 Å². The van der Waals surface area contributed by atoms with Crippen molar-refractivity contribution in [2.45, 2.75) is 36.6 Å². The van der Waals surface area contributed by atoms with Crippen LogP contribution in [0.5, 0.6) is 23.0 Å². The Morgan fingerprint density at radius 1 is 0.625 bits per heavy atom. The average Bonchev–Trinajstić information content (AvgIpc) is 3.22. The predicted molar refractivity (Wildman–Crippen MR) is 202 cm³/mol. The largest absolute Gasteiger partial charge is 0.493 e. The summed E-state index contributed by atoms with van der Waals surface area (Å²) in [5.41, 5.74) is 1.55. The number of ether oxygens (including phenoxy) is 6. The zero-order valence-corrected chi connectivity index (χ0v) is 32.1. The molecule has 0 spiro atoms. The molecule has 2 fully saturated rings. The number of methoxy groups -OCH3 is 2. The number of aliphatic hydroxyl groups excluding tert-OH is 2. The van der Waals surface area contributed by atoms with Gasteiger partial charge < -0.3 is 48.3 Å². The van der Waals surface area contributed by atoms with Gasteiger partial charge in [0.2, 0.25) is 0 Å². The first-order chi connectivity index (χ1) is 27.1. The molecule has 0 aliphatic carbocycles. The smallest absolute Gasteiger partial charge is 0.357 e. The minimum atomic E-state index is -2.27. The van der Waals surface area contributed by atoms with Crippen LogP contribution < -0.4 is 18.9 Å². The van der Waals surface area contributed by atoms with Crippen molar-refractivity contribution in [1.29, 1.82) is 0 Å². The van der Waals surface area contributed by atoms with E-state index in [4.69, 9.17) is 61.3 Å². The van der Waals surface area contributed by atoms with Crippen LogP contribution in [0, 0.1) is 0 Å². The molecule has 2 heterocycles. The van der Waals surface area contributed by atoms with E-state index in [-0.39, 0.29) is 39.4 Å². The third kappa shape index (κ3) is 10.4. The molecule has 2 saturated heterocycles. The Bertz CT molecular complexity index is 1770. The third-order valence-corrected chi connectivity index (χ3v) is 9.49. The number of carbonyl (C=O) groups is 2. The average molecular weight is 814 g/mol. The van der Waals surface area contributed by atoms with Gasteiger partial charge in [0.25, 0.3) is 0 Å². The van der Waals surface area contributed by atoms with Crippen LogP contribution in [0.3, 0.4) is 0 Å². The number of morpholine rings is 2. The molecule has 2 aliphatic rings. The number of halogens is 2. The van der Waals surface area contributed by atoms with Crippen LogP contribution >= 0.6 is 23.2 Å². The number of rotatable bonds is 15. The summed E-state index contributed by atoms with van der Waals surface area (Å²) in [6, 6.07) is 28.6. The number of carbonyl (C=O) groups excluding carboxylic acids is 2. The van der Waals surface area contributed by atoms with Crippen molar-refractivity contribution in [3.8, 4) is 23.0 Å². The minimum Gasteiger partial charge on any atom is -0.493 e. The van der Waals surface area contributed by atoms with Crippen LogP contribution in [0.1, 0.15) is 23.3 Å². The van der Waals surface area contributed by atoms with Gasteiger partial charge >= 0.3 is 11.9 Å². The van der Waals surface area contributed by atoms with Gasteiger partial charge in [0, 0.05) is 22.2 Å². The Morgan fingerprint density at radius 3 is 1.39 bits per heavy atom. The second-order valence-corrected chi connectivity index (χ2v) is 13.7. The monoisotopic (exact) mass is 812 g/mol. The predicted octanol–water partition coefficient (Wildman–Crippen LogP) is 4.99. The summed E-state index contributed by atoms with van der Waals surface area (Å²) < 4.78 is 35.8. The number of hydroxylamine groups is 4. The summed E-state index contributed by atoms with van der Waals surface area (Å²) in [5.74, 6) is -0.870. The van der Waals surface area contributed by atoms with Gasteiger partial charge in [-0.3, -0.25) is 0 Å². The number of benzene rings is 4. The van der Waals surface area contributed by atoms with E-state index in [1.165, 1.54) is 24.3 Å². The van der Waals surface area contributed by atoms with E-state index in [1.807, 2.05) is 60.7 Å². The highest BCUT2D eigenvalue weighted by molar-refractivity contribution is 6.31. The van der Waals surface area contributed by atoms with Crippen molar-refractivity contribution in [1.82, 2.24) is 10.1 Å². The fourth-order valence-corrected chi connectivity index (χ4v) is 6.53. The van der Waals surface area contributed by atoms with Gasteiger partial charge in [0.15, 0.2) is 47.4 Å². The van der Waals surface area contributed by atoms with Gasteiger partial charge in [-0.05, 0) is 35.4 Å². The molecule has 0 aromatic heterocycles. The fourth-order valence-electron chi connectivity index (χ4n) is 6.21. The van der Waals surface area contributed by atoms with E-state index >= 15 is 0 Å². The van der Waals surface area contributed by atoms with Crippen LogP contribution in [0.2, 0.25) is 10.0 Å². The molecule has 4 unspecified atom stereocenters. The summed E-state index contributed by atoms with van der Waals surface area (Å²) in [5, 5.41) is 25.0. The van der Waals surface area contributed by atoms with E-state index in [2.05, 4.69) is 0 Å². The summed E-state index contributed by atoms with van der Waals surface area (Å²) >= 11 is 12.3. The molecule has 6 rings (SSSR count). The second kappa shape index (κ2) is 19.5. The first kappa shape index (κ1) is 41.0. The lowest BCUT2D eigenvalue weighted by Gasteiger charge is -2.37. The highest BCUT2D eigenvalue weighted by Crippen LogP contribution is 2.37. The van der Waals surface area contributed by atoms with Gasteiger partial charge in [-0.15, -0.1) is 10.1 Å². The molecule has 0 saturated carbocycles. The van der Waals surface area contributed by atoms with Crippen molar-refractivity contribution < 1.29 is 57.9 Å². The molecule has 6 atom stereocenters. The molecule has 2 N–H and O–H groups in total. The molecule has 0 bridgehead atoms. The normalized spacial score (nSPS) is 19.8. The fraction of sp³-hybridized carbons (Fsp3) is 0.350. The van der Waals surface area contributed by atoms with E-state index in [0.29, 0.717) is 33.0 Å². The maximum absolute atomic E-state index is 13.1. The van der Waals surface area contributed by atoms with Crippen LogP contribution in [-0.4, -0.2) is 110 Å². The molecule has 0 amide bonds. The Balaban J connectivity index is 1.07. The number of hydrogen-bond acceptors (Lipinski definition) is 14. The number of aliphatic hydroxyl groups is 2. The van der Waals surface area contributed by atoms with Crippen molar-refractivity contribution in [3.05, 3.63) is 118 Å². The van der Waals surface area contributed by atoms with Gasteiger partial charge in [-0.25, -0.2) is 9.59 Å². The van der Waals surface area contributed by atoms with Crippen LogP contribution in [0.15, 0.2) is 97.1 Å². The van der Waals surface area contributed by atoms with Crippen molar-refractivity contribution in [2.24, 2.45) is 0 Å². The molecule has 4 aromatic rings. The summed E-state index contributed by atoms with van der Waals surface area (Å²) in [6.45, 7) is 0.609. The minimum absolute atomic E-state index is 0.0240. The maximum atomic E-state index is 13.1. The highest BCUT2D eigenvalue weighted by Gasteiger charge is 2.40. The lowest BCUT2D eigenvalue weighted by Crippen LogP contribution is -2.51. The second-order valence-electron chi connectivity index (χ2n) is 12.8. The molecular weight excluding hydrogens is 771 g/mol. The zero-order valence-electron chi connectivity index (χ0n) is 30.6. The van der Waals surface area contributed by atoms with Crippen LogP contribution in [-0.2, 0) is 28.7 Å². The molecule has 56 heavy (non-hydrogen) atoms. The lowest BCUT2D eigenvalue weighted by molar-refractivity contribution is -0.243. The summed E-state index contributed by atoms with van der Waals surface area (Å²) in [7, 11) is 3.00. The Kier molecular flexibility index (Phi) is 14.3. The maximum Gasteiger partial charge on any atom is 0.357 e. The zero-order chi connectivity index (χ0) is 39.6. The summed E-state index contributed by atoms with van der Waals surface area (Å²) in [4.78, 5) is 37.1. The van der Waals surface area contributed by atoms with Crippen molar-refractivity contribution in [3.63, 3.8) is 0 Å². The first-order valence-corrected chi connectivity index (χ1v) is 18.5. The Morgan fingerprint density at radius 2 is 1.02 bits per heavy atom. The van der Waals surface area contributed by atoms with Crippen molar-refractivity contribution in [2.75, 3.05) is 53.6 Å². The number of nitrogens with zero attached hydrogens (tertiary/aromatic N) is 2. The lowest BCUT2D eigenvalue weighted by atomic mass is 10.0. The molecular formula is C40H42Cl2N2O12. The molecule has 2 aliphatic heterocycles. The SMILES string of the molecule is COc1cc(Cl)ccc1OC(c1ccccc1)[C@H]1CN(OC(=O)C(O)C(O)C(=O)ON2CCO[C@@H](C(Oc3ccc(Cl)cc3OC)c3ccccc3)C2)CCO1. The quantitative estimate of drug-likeness (QED) is 0.166. The van der Waals surface area contributed by atoms with E-state index < -0.39 is 48.6 Å². The van der Waals surface area contributed by atoms with Crippen LogP contribution in [0.25, 0.3) is 0 Å². The van der Waals surface area contributed by atoms with E-state index in [0.717, 1.165) is 11.1 Å². The third-order valence-electron chi connectivity index (χ3n) is 9.02. The molecule has 298 valence electrons. The first-order valence-electron chi connectivity index (χ1n) is 17.8. The molecule has 16 heteroatoms. The molecule has 14 nitrogen and oxygen atoms in total. The van der Waals surface area contributed by atoms with Gasteiger partial charge in [-0.1, -0.05) is 83.9 Å². The van der Waals surface area contributed by atoms with Crippen LogP contribution in [0.4, 0.5) is 0 Å². The van der Waals surface area contributed by atoms with E-state index in [9.17, 15) is 19.8 Å². The summed E-state index contributed by atoms with van der Waals surface area (Å²) in [6.07, 6.45) is -7.22. The van der Waals surface area contributed by atoms with Gasteiger partial charge in [-0.2, -0.15) is 0 Å². The van der Waals surface area contributed by atoms with E-state index in [1.54, 1.807) is 36.4 Å². The van der Waals surface area contributed by atoms with Gasteiger partial charge in [0.1, 0.15) is 12.2 Å². The molecule has 0 radical (unpaired) electrons. The highest BCUT2D eigenvalue weighted by atomic mass is 35.5. The van der Waals surface area contributed by atoms with Crippen molar-refractivity contribution >= 4 is 35.1 Å². The Hall–Kier alpha value is -4.64. The number of hydrogen-bond donors (Lipinski definition) is 2. The topological polar surface area (TPSA) is 155 Å². The Labute approximate surface area is 333 Å². The standard InChI is InChI=1S/C40H42Cl2N2O12/c1-49-31-21-27(41)13-15-29(31)53-37(25-9-5-3-6-10-25)33-23-43(17-19-51-33)55-39(47)35(45)36(46)40(48)56-44-18-20-52-34(24-44)38(26-11-7-4-8-12-26)54-30-16-14-28(42)22-32(30)50-2/h3-16,21-22,33-38,45-46H,17-20,23-24H2,1-2H3/t33-,34-,35?,36?,37?,38?/m1/s1.